The van der Waals surface area contributed by atoms with Gasteiger partial charge in [0.05, 0.1) is 27.7 Å². The zero-order chi connectivity index (χ0) is 40.9. The third-order valence-electron chi connectivity index (χ3n) is 8.51. The van der Waals surface area contributed by atoms with E-state index in [0.29, 0.717) is 30.3 Å². The molecule has 10 nitrogen and oxygen atoms in total. The average Bonchev–Trinajstić information content (AvgIpc) is 3.12. The van der Waals surface area contributed by atoms with Gasteiger partial charge in [-0.2, -0.15) is 0 Å². The van der Waals surface area contributed by atoms with Gasteiger partial charge >= 0.3 is 19.8 Å². The Balaban J connectivity index is 4.49. The van der Waals surface area contributed by atoms with Gasteiger partial charge in [-0.05, 0) is 70.3 Å². The van der Waals surface area contributed by atoms with Crippen molar-refractivity contribution in [3.05, 3.63) is 60.8 Å². The van der Waals surface area contributed by atoms with E-state index in [0.717, 1.165) is 103 Å². The smallest absolute Gasteiger partial charge is 0.462 e. The molecule has 0 aromatic heterocycles. The van der Waals surface area contributed by atoms with Crippen molar-refractivity contribution in [3.8, 4) is 0 Å². The summed E-state index contributed by atoms with van der Waals surface area (Å²) in [6.07, 6.45) is 38.2. The fraction of sp³-hybridized carbons (Fsp3) is 0.705. The summed E-state index contributed by atoms with van der Waals surface area (Å²) in [7, 11) is 1.40. The predicted molar refractivity (Wildman–Crippen MR) is 224 cm³/mol. The monoisotopic (exact) mass is 795 g/mol. The summed E-state index contributed by atoms with van der Waals surface area (Å²) in [6.45, 7) is 4.06. The minimum Gasteiger partial charge on any atom is -0.462 e. The topological polar surface area (TPSA) is 125 Å². The Morgan fingerprint density at radius 1 is 0.636 bits per heavy atom. The quantitative estimate of drug-likeness (QED) is 0.0124. The van der Waals surface area contributed by atoms with Crippen LogP contribution in [-0.4, -0.2) is 80.7 Å². The molecule has 1 N–H and O–H groups in total. The second-order valence-electron chi connectivity index (χ2n) is 15.0. The molecule has 0 saturated heterocycles. The predicted octanol–water partition coefficient (Wildman–Crippen LogP) is 10.9. The molecule has 316 valence electrons. The molecule has 0 bridgehead atoms. The summed E-state index contributed by atoms with van der Waals surface area (Å²) in [6, 6.07) is 0. The Morgan fingerprint density at radius 2 is 1.20 bits per heavy atom. The minimum absolute atomic E-state index is 0.0109. The molecule has 0 aliphatic carbocycles. The molecular formula is C44H77NO9P+. The first-order valence-electron chi connectivity index (χ1n) is 21.0. The second-order valence-corrected chi connectivity index (χ2v) is 16.5. The van der Waals surface area contributed by atoms with Gasteiger partial charge in [0.15, 0.2) is 11.9 Å². The highest BCUT2D eigenvalue weighted by Crippen LogP contribution is 2.43. The van der Waals surface area contributed by atoms with E-state index in [4.69, 9.17) is 18.5 Å². The Kier molecular flexibility index (Phi) is 34.1. The highest BCUT2D eigenvalue weighted by molar-refractivity contribution is 7.47. The zero-order valence-corrected chi connectivity index (χ0v) is 36.0. The SMILES string of the molecule is CC/C=C\C/C=C\C/C=C\CCCCCCCC(=O)O[C@H](COC(=O)CCCCCCC/C=C\C=C\C(=O)CCCCC)COP(=O)(O)OCC[N+](C)(C)C. The van der Waals surface area contributed by atoms with E-state index < -0.39 is 32.5 Å². The summed E-state index contributed by atoms with van der Waals surface area (Å²) in [5.74, 6) is -0.709. The van der Waals surface area contributed by atoms with Crippen molar-refractivity contribution < 1.29 is 46.8 Å². The molecule has 0 aliphatic rings. The van der Waals surface area contributed by atoms with Crippen molar-refractivity contribution in [2.45, 2.75) is 155 Å². The van der Waals surface area contributed by atoms with Gasteiger partial charge < -0.3 is 18.9 Å². The zero-order valence-electron chi connectivity index (χ0n) is 35.1. The lowest BCUT2D eigenvalue weighted by atomic mass is 10.1. The number of nitrogens with zero attached hydrogens (tertiary/aromatic N) is 1. The van der Waals surface area contributed by atoms with Crippen molar-refractivity contribution in [1.82, 2.24) is 0 Å². The first-order chi connectivity index (χ1) is 26.4. The van der Waals surface area contributed by atoms with Crippen LogP contribution in [0.3, 0.4) is 0 Å². The summed E-state index contributed by atoms with van der Waals surface area (Å²) in [4.78, 5) is 47.0. The molecule has 0 fully saturated rings. The summed E-state index contributed by atoms with van der Waals surface area (Å²) in [5.41, 5.74) is 0. The van der Waals surface area contributed by atoms with Crippen LogP contribution < -0.4 is 0 Å². The van der Waals surface area contributed by atoms with E-state index in [-0.39, 0.29) is 31.8 Å². The third kappa shape index (κ3) is 39.4. The first kappa shape index (κ1) is 52.4. The number of likely N-dealkylation sites (N-methyl/N-ethyl adjacent to an activating group) is 1. The van der Waals surface area contributed by atoms with Crippen LogP contribution in [-0.2, 0) is 37.5 Å². The average molecular weight is 795 g/mol. The lowest BCUT2D eigenvalue weighted by Crippen LogP contribution is -2.37. The molecule has 2 atom stereocenters. The Morgan fingerprint density at radius 3 is 1.84 bits per heavy atom. The van der Waals surface area contributed by atoms with Crippen LogP contribution >= 0.6 is 7.82 Å². The molecule has 0 saturated carbocycles. The van der Waals surface area contributed by atoms with Crippen LogP contribution in [0.4, 0.5) is 0 Å². The summed E-state index contributed by atoms with van der Waals surface area (Å²) in [5, 5.41) is 0. The van der Waals surface area contributed by atoms with E-state index in [9.17, 15) is 23.8 Å². The van der Waals surface area contributed by atoms with Crippen LogP contribution in [0.1, 0.15) is 149 Å². The number of esters is 2. The summed E-state index contributed by atoms with van der Waals surface area (Å²) >= 11 is 0. The van der Waals surface area contributed by atoms with Crippen LogP contribution in [0.2, 0.25) is 0 Å². The molecule has 0 radical (unpaired) electrons. The molecule has 0 aromatic carbocycles. The maximum Gasteiger partial charge on any atom is 0.472 e. The van der Waals surface area contributed by atoms with Crippen molar-refractivity contribution in [1.29, 1.82) is 0 Å². The van der Waals surface area contributed by atoms with Crippen LogP contribution in [0.15, 0.2) is 60.8 Å². The number of phosphoric ester groups is 1. The van der Waals surface area contributed by atoms with Crippen molar-refractivity contribution in [2.24, 2.45) is 0 Å². The lowest BCUT2D eigenvalue weighted by molar-refractivity contribution is -0.870. The van der Waals surface area contributed by atoms with Gasteiger partial charge in [0.25, 0.3) is 0 Å². The maximum atomic E-state index is 12.7. The number of carbonyl (C=O) groups is 3. The minimum atomic E-state index is -4.40. The molecule has 1 unspecified atom stereocenters. The number of ketones is 1. The number of unbranched alkanes of at least 4 members (excludes halogenated alkanes) is 12. The number of hydrogen-bond donors (Lipinski definition) is 1. The maximum absolute atomic E-state index is 12.7. The van der Waals surface area contributed by atoms with Gasteiger partial charge in [-0.1, -0.05) is 120 Å². The Hall–Kier alpha value is -2.62. The molecule has 0 heterocycles. The molecule has 0 rings (SSSR count). The highest BCUT2D eigenvalue weighted by atomic mass is 31.2. The van der Waals surface area contributed by atoms with Crippen molar-refractivity contribution >= 4 is 25.5 Å². The number of allylic oxidation sites excluding steroid dienone is 10. The number of ether oxygens (including phenoxy) is 2. The number of quaternary nitrogens is 1. The number of hydrogen-bond acceptors (Lipinski definition) is 8. The van der Waals surface area contributed by atoms with E-state index >= 15 is 0 Å². The number of carbonyl (C=O) groups excluding carboxylic acids is 3. The Labute approximate surface area is 334 Å². The second kappa shape index (κ2) is 35.8. The summed E-state index contributed by atoms with van der Waals surface area (Å²) < 4.78 is 34.2. The molecule has 0 aromatic rings. The fourth-order valence-corrected chi connectivity index (χ4v) is 5.93. The van der Waals surface area contributed by atoms with Crippen molar-refractivity contribution in [2.75, 3.05) is 47.5 Å². The van der Waals surface area contributed by atoms with Crippen molar-refractivity contribution in [3.63, 3.8) is 0 Å². The lowest BCUT2D eigenvalue weighted by Gasteiger charge is -2.24. The normalized spacial score (nSPS) is 14.1. The van der Waals surface area contributed by atoms with Gasteiger partial charge in [0, 0.05) is 19.3 Å². The number of rotatable bonds is 37. The van der Waals surface area contributed by atoms with Gasteiger partial charge in [-0.3, -0.25) is 23.4 Å². The van der Waals surface area contributed by atoms with Gasteiger partial charge in [0.1, 0.15) is 19.8 Å². The Bertz CT molecular complexity index is 1190. The van der Waals surface area contributed by atoms with Gasteiger partial charge in [-0.15, -0.1) is 0 Å². The largest absolute Gasteiger partial charge is 0.472 e. The molecule has 0 aliphatic heterocycles. The van der Waals surface area contributed by atoms with E-state index in [2.05, 4.69) is 56.4 Å². The molecule has 55 heavy (non-hydrogen) atoms. The van der Waals surface area contributed by atoms with Crippen LogP contribution in [0.5, 0.6) is 0 Å². The third-order valence-corrected chi connectivity index (χ3v) is 9.49. The highest BCUT2D eigenvalue weighted by Gasteiger charge is 2.27. The van der Waals surface area contributed by atoms with Gasteiger partial charge in [-0.25, -0.2) is 4.57 Å². The van der Waals surface area contributed by atoms with E-state index in [1.807, 2.05) is 33.3 Å². The van der Waals surface area contributed by atoms with Crippen LogP contribution in [0.25, 0.3) is 0 Å². The van der Waals surface area contributed by atoms with E-state index in [1.165, 1.54) is 0 Å². The van der Waals surface area contributed by atoms with Crippen LogP contribution in [0, 0.1) is 0 Å². The first-order valence-corrected chi connectivity index (χ1v) is 22.5. The molecule has 0 spiro atoms. The standard InChI is InChI=1S/C44H76NO9P/c1-6-8-10-11-12-13-14-15-16-17-18-21-25-28-32-36-44(48)54-42(40-53-55(49,50)52-38-37-45(3,4)5)39-51-43(47)35-31-27-24-22-19-20-23-26-30-34-41(46)33-29-9-7-2/h8,10,12-13,15-16,23,26,30,34,42H,6-7,9,11,14,17-22,24-25,27-29,31-33,35-40H2,1-5H3/p+1/b10-8-,13-12-,16-15-,26-23-,34-30+/t42-/m1/s1. The van der Waals surface area contributed by atoms with E-state index in [1.54, 1.807) is 6.08 Å². The van der Waals surface area contributed by atoms with Gasteiger partial charge in [0.2, 0.25) is 0 Å². The number of phosphoric acid groups is 1. The molecule has 0 amide bonds. The molecular weight excluding hydrogens is 717 g/mol. The molecule has 11 heteroatoms. The fourth-order valence-electron chi connectivity index (χ4n) is 5.18.